The molecule has 0 aromatic heterocycles. The summed E-state index contributed by atoms with van der Waals surface area (Å²) in [5, 5.41) is 9.85. The van der Waals surface area contributed by atoms with Crippen LogP contribution in [-0.4, -0.2) is 5.11 Å². The molecule has 1 N–H and O–H groups in total. The molecule has 0 heterocycles. The van der Waals surface area contributed by atoms with Crippen molar-refractivity contribution < 1.29 is 7.85 Å². The molecule has 0 saturated heterocycles. The molecule has 1 nitrogen and oxygen atoms in total. The van der Waals surface area contributed by atoms with Crippen LogP contribution in [0.25, 0.3) is 0 Å². The van der Waals surface area contributed by atoms with E-state index in [4.69, 9.17) is 2.74 Å². The first-order valence-corrected chi connectivity index (χ1v) is 4.43. The lowest BCUT2D eigenvalue weighted by atomic mass is 9.90. The normalized spacial score (nSPS) is 18.1. The van der Waals surface area contributed by atoms with Crippen LogP contribution in [0.3, 0.4) is 0 Å². The van der Waals surface area contributed by atoms with E-state index >= 15 is 0 Å². The van der Waals surface area contributed by atoms with Crippen LogP contribution in [0, 0.1) is 6.92 Å². The van der Waals surface area contributed by atoms with E-state index in [2.05, 4.69) is 0 Å². The van der Waals surface area contributed by atoms with Gasteiger partial charge in [0.2, 0.25) is 0 Å². The molecule has 1 aromatic rings. The largest absolute Gasteiger partial charge is 0.507 e. The van der Waals surface area contributed by atoms with Gasteiger partial charge in [-0.3, -0.25) is 0 Å². The number of benzene rings is 1. The van der Waals surface area contributed by atoms with E-state index in [9.17, 15) is 5.11 Å². The Bertz CT molecular complexity index is 349. The molecule has 0 atom stereocenters. The molecular formula is C11H14O. The predicted molar refractivity (Wildman–Crippen MR) is 49.5 cm³/mol. The fraction of sp³-hybridized carbons (Fsp3) is 0.455. The van der Waals surface area contributed by atoms with Crippen LogP contribution in [0.15, 0.2) is 12.1 Å². The molecule has 0 fully saturated rings. The van der Waals surface area contributed by atoms with Crippen molar-refractivity contribution in [1.29, 1.82) is 0 Å². The van der Waals surface area contributed by atoms with E-state index in [-0.39, 0.29) is 11.8 Å². The van der Waals surface area contributed by atoms with E-state index in [1.54, 1.807) is 6.92 Å². The topological polar surface area (TPSA) is 20.2 Å². The number of rotatable bonds is 0. The van der Waals surface area contributed by atoms with Gasteiger partial charge in [-0.05, 0) is 49.3 Å². The molecule has 1 aliphatic carbocycles. The number of hydrogen-bond acceptors (Lipinski definition) is 1. The maximum atomic E-state index is 9.85. The molecule has 12 heavy (non-hydrogen) atoms. The maximum absolute atomic E-state index is 9.85. The van der Waals surface area contributed by atoms with Gasteiger partial charge < -0.3 is 5.11 Å². The summed E-state index contributed by atoms with van der Waals surface area (Å²) in [6, 6.07) is 0.498. The highest BCUT2D eigenvalue weighted by atomic mass is 16.3. The van der Waals surface area contributed by atoms with Crippen molar-refractivity contribution in [1.82, 2.24) is 0 Å². The van der Waals surface area contributed by atoms with Gasteiger partial charge in [-0.25, -0.2) is 0 Å². The molecule has 0 unspecified atom stereocenters. The van der Waals surface area contributed by atoms with E-state index in [1.165, 1.54) is 0 Å². The number of hydrogen-bond donors (Lipinski definition) is 1. The van der Waals surface area contributed by atoms with Crippen molar-refractivity contribution in [2.45, 2.75) is 32.6 Å². The van der Waals surface area contributed by atoms with Crippen LogP contribution >= 0.6 is 0 Å². The third-order valence-electron chi connectivity index (χ3n) is 2.51. The molecule has 0 saturated carbocycles. The summed E-state index contributed by atoms with van der Waals surface area (Å²) < 4.78 is 15.5. The Kier molecular flexibility index (Phi) is 1.32. The van der Waals surface area contributed by atoms with Gasteiger partial charge in [0.25, 0.3) is 0 Å². The van der Waals surface area contributed by atoms with Crippen molar-refractivity contribution in [3.8, 4) is 5.75 Å². The highest BCUT2D eigenvalue weighted by Gasteiger charge is 2.13. The Morgan fingerprint density at radius 1 is 1.33 bits per heavy atom. The zero-order chi connectivity index (χ0) is 10.3. The number of fused-ring (bicyclic) bond motifs is 1. The fourth-order valence-electron chi connectivity index (χ4n) is 1.76. The zero-order valence-electron chi connectivity index (χ0n) is 9.28. The van der Waals surface area contributed by atoms with Crippen molar-refractivity contribution >= 4 is 0 Å². The highest BCUT2D eigenvalue weighted by Crippen LogP contribution is 2.31. The molecular weight excluding hydrogens is 148 g/mol. The van der Waals surface area contributed by atoms with Crippen LogP contribution in [0.1, 0.15) is 32.3 Å². The quantitative estimate of drug-likeness (QED) is 0.625. The fourth-order valence-corrected chi connectivity index (χ4v) is 1.76. The smallest absolute Gasteiger partial charge is 0.121 e. The van der Waals surface area contributed by atoms with Crippen molar-refractivity contribution in [2.24, 2.45) is 0 Å². The molecule has 1 aliphatic rings. The van der Waals surface area contributed by atoms with Crippen LogP contribution in [-0.2, 0) is 12.8 Å². The van der Waals surface area contributed by atoms with Crippen LogP contribution in [0.4, 0.5) is 0 Å². The molecule has 0 spiro atoms. The standard InChI is InChI=1S/C11H14O/c1-8-6-7-9-4-2-3-5-10(9)11(8)12/h6-7,12H,2-5H2,1H3/i6D,7D. The lowest BCUT2D eigenvalue weighted by Crippen LogP contribution is -2.03. The predicted octanol–water partition coefficient (Wildman–Crippen LogP) is 2.58. The minimum atomic E-state index is 0.183. The summed E-state index contributed by atoms with van der Waals surface area (Å²) >= 11 is 0. The molecule has 1 aromatic carbocycles. The van der Waals surface area contributed by atoms with Crippen molar-refractivity contribution in [3.05, 3.63) is 28.8 Å². The zero-order valence-corrected chi connectivity index (χ0v) is 7.28. The lowest BCUT2D eigenvalue weighted by molar-refractivity contribution is 0.458. The van der Waals surface area contributed by atoms with Gasteiger partial charge >= 0.3 is 0 Å². The van der Waals surface area contributed by atoms with Crippen LogP contribution in [0.2, 0.25) is 0 Å². The first-order valence-electron chi connectivity index (χ1n) is 5.43. The summed E-state index contributed by atoms with van der Waals surface area (Å²) in [6.45, 7) is 1.71. The highest BCUT2D eigenvalue weighted by molar-refractivity contribution is 5.45. The van der Waals surface area contributed by atoms with Gasteiger partial charge in [-0.15, -0.1) is 0 Å². The van der Waals surface area contributed by atoms with E-state index in [1.807, 2.05) is 0 Å². The average Bonchev–Trinajstić information content (AvgIpc) is 2.23. The third-order valence-corrected chi connectivity index (χ3v) is 2.51. The van der Waals surface area contributed by atoms with Crippen LogP contribution in [0.5, 0.6) is 5.75 Å². The Morgan fingerprint density at radius 3 is 2.92 bits per heavy atom. The summed E-state index contributed by atoms with van der Waals surface area (Å²) in [5.41, 5.74) is 2.36. The first-order chi connectivity index (χ1) is 6.63. The van der Waals surface area contributed by atoms with E-state index < -0.39 is 0 Å². The average molecular weight is 164 g/mol. The molecule has 0 bridgehead atoms. The monoisotopic (exact) mass is 164 g/mol. The van der Waals surface area contributed by atoms with Gasteiger partial charge in [-0.2, -0.15) is 0 Å². The second kappa shape index (κ2) is 2.81. The van der Waals surface area contributed by atoms with Gasteiger partial charge in [0, 0.05) is 0 Å². The lowest BCUT2D eigenvalue weighted by Gasteiger charge is -2.17. The molecule has 64 valence electrons. The maximum Gasteiger partial charge on any atom is 0.121 e. The molecule has 0 aliphatic heterocycles. The first kappa shape index (κ1) is 5.63. The van der Waals surface area contributed by atoms with Crippen LogP contribution < -0.4 is 0 Å². The van der Waals surface area contributed by atoms with E-state index in [0.717, 1.165) is 36.8 Å². The summed E-state index contributed by atoms with van der Waals surface area (Å²) in [6.07, 6.45) is 3.85. The minimum absolute atomic E-state index is 0.183. The number of phenolic OH excluding ortho intramolecular Hbond substituents is 1. The van der Waals surface area contributed by atoms with Gasteiger partial charge in [0.1, 0.15) is 5.75 Å². The second-order valence-corrected chi connectivity index (χ2v) is 3.39. The minimum Gasteiger partial charge on any atom is -0.507 e. The second-order valence-electron chi connectivity index (χ2n) is 3.39. The Labute approximate surface area is 75.9 Å². The summed E-state index contributed by atoms with van der Waals surface area (Å²) in [7, 11) is 0. The SMILES string of the molecule is [2H]c1c([2H])c2c(c(O)c1C)CCCC2. The Hall–Kier alpha value is -0.980. The van der Waals surface area contributed by atoms with Gasteiger partial charge in [-0.1, -0.05) is 12.1 Å². The van der Waals surface area contributed by atoms with Gasteiger partial charge in [0.15, 0.2) is 0 Å². The summed E-state index contributed by atoms with van der Waals surface area (Å²) in [4.78, 5) is 0. The van der Waals surface area contributed by atoms with E-state index in [0.29, 0.717) is 11.6 Å². The number of aromatic hydroxyl groups is 1. The molecule has 2 rings (SSSR count). The van der Waals surface area contributed by atoms with Crippen molar-refractivity contribution in [2.75, 3.05) is 0 Å². The third kappa shape index (κ3) is 1.09. The molecule has 1 heteroatoms. The summed E-state index contributed by atoms with van der Waals surface area (Å²) in [5.74, 6) is 0.251. The molecule has 0 amide bonds. The Balaban J connectivity index is 2.71. The number of phenols is 1. The Morgan fingerprint density at radius 2 is 2.08 bits per heavy atom. The molecule has 0 radical (unpaired) electrons. The van der Waals surface area contributed by atoms with Gasteiger partial charge in [0.05, 0.1) is 2.74 Å². The van der Waals surface area contributed by atoms with Crippen molar-refractivity contribution in [3.63, 3.8) is 0 Å².